The number of carbonyl (C=O) groups is 2. The number of carbonyl (C=O) groups excluding carboxylic acids is 2. The molecule has 0 aliphatic heterocycles. The molecule has 3 nitrogen and oxygen atoms in total. The summed E-state index contributed by atoms with van der Waals surface area (Å²) in [5.41, 5.74) is 0.568. The van der Waals surface area contributed by atoms with E-state index in [1.807, 2.05) is 37.3 Å². The van der Waals surface area contributed by atoms with E-state index in [0.29, 0.717) is 12.0 Å². The second kappa shape index (κ2) is 9.16. The van der Waals surface area contributed by atoms with Crippen molar-refractivity contribution in [1.82, 2.24) is 0 Å². The highest BCUT2D eigenvalue weighted by molar-refractivity contribution is 8.03. The van der Waals surface area contributed by atoms with Crippen LogP contribution in [0.25, 0.3) is 0 Å². The Hall–Kier alpha value is -2.07. The molecule has 120 valence electrons. The molecule has 1 aromatic rings. The van der Waals surface area contributed by atoms with Gasteiger partial charge in [-0.05, 0) is 29.9 Å². The number of hydrogen-bond donors (Lipinski definition) is 0. The molecule has 0 amide bonds. The molecule has 0 atom stereocenters. The summed E-state index contributed by atoms with van der Waals surface area (Å²) in [5, 5.41) is 0. The number of allylic oxidation sites excluding steroid dienone is 5. The lowest BCUT2D eigenvalue weighted by Gasteiger charge is -2.03. The summed E-state index contributed by atoms with van der Waals surface area (Å²) in [4.78, 5) is 25.8. The zero-order valence-corrected chi connectivity index (χ0v) is 14.0. The molecule has 0 N–H and O–H groups in total. The molecule has 1 aliphatic carbocycles. The van der Waals surface area contributed by atoms with Gasteiger partial charge in [-0.2, -0.15) is 0 Å². The van der Waals surface area contributed by atoms with E-state index in [9.17, 15) is 9.59 Å². The molecule has 0 aromatic heterocycles. The van der Waals surface area contributed by atoms with Gasteiger partial charge in [0.05, 0.1) is 0 Å². The third kappa shape index (κ3) is 5.91. The van der Waals surface area contributed by atoms with Gasteiger partial charge in [-0.15, -0.1) is 0 Å². The number of Topliss-reactive ketones (excluding diaryl/α,β-unsaturated/α-hetero) is 1. The van der Waals surface area contributed by atoms with Gasteiger partial charge >= 0.3 is 5.97 Å². The van der Waals surface area contributed by atoms with Crippen LogP contribution >= 0.6 is 11.8 Å². The fourth-order valence-corrected chi connectivity index (χ4v) is 2.93. The lowest BCUT2D eigenvalue weighted by Crippen LogP contribution is -2.14. The number of benzene rings is 1. The van der Waals surface area contributed by atoms with Gasteiger partial charge in [0.25, 0.3) is 0 Å². The van der Waals surface area contributed by atoms with Crippen molar-refractivity contribution in [2.75, 3.05) is 6.61 Å². The highest BCUT2D eigenvalue weighted by Crippen LogP contribution is 2.30. The Morgan fingerprint density at radius 1 is 1.17 bits per heavy atom. The predicted octanol–water partition coefficient (Wildman–Crippen LogP) is 4.46. The van der Waals surface area contributed by atoms with E-state index < -0.39 is 0 Å². The molecule has 2 rings (SSSR count). The Morgan fingerprint density at radius 3 is 2.70 bits per heavy atom. The SMILES string of the molecule is CCCC(=O)OCC(=O)C1=CC=C(Sc2ccccc2)CC=C1. The number of ether oxygens (including phenoxy) is 1. The predicted molar refractivity (Wildman–Crippen MR) is 93.1 cm³/mol. The summed E-state index contributed by atoms with van der Waals surface area (Å²) in [6, 6.07) is 10.1. The summed E-state index contributed by atoms with van der Waals surface area (Å²) in [6.07, 6.45) is 9.36. The average molecular weight is 328 g/mol. The van der Waals surface area contributed by atoms with Crippen LogP contribution in [0.15, 0.2) is 70.0 Å². The maximum atomic E-state index is 12.1. The molecule has 0 bridgehead atoms. The van der Waals surface area contributed by atoms with E-state index in [-0.39, 0.29) is 18.4 Å². The summed E-state index contributed by atoms with van der Waals surface area (Å²) in [7, 11) is 0. The van der Waals surface area contributed by atoms with Crippen LogP contribution in [0.4, 0.5) is 0 Å². The zero-order valence-electron chi connectivity index (χ0n) is 13.2. The Labute approximate surface area is 141 Å². The molecule has 23 heavy (non-hydrogen) atoms. The van der Waals surface area contributed by atoms with Crippen molar-refractivity contribution in [3.05, 3.63) is 65.1 Å². The van der Waals surface area contributed by atoms with Crippen molar-refractivity contribution in [3.8, 4) is 0 Å². The molecule has 4 heteroatoms. The van der Waals surface area contributed by atoms with Gasteiger partial charge < -0.3 is 4.74 Å². The lowest BCUT2D eigenvalue weighted by molar-refractivity contribution is -0.147. The van der Waals surface area contributed by atoms with Crippen LogP contribution in [0.1, 0.15) is 26.2 Å². The van der Waals surface area contributed by atoms with E-state index in [4.69, 9.17) is 4.74 Å². The average Bonchev–Trinajstić information content (AvgIpc) is 2.79. The highest BCUT2D eigenvalue weighted by atomic mass is 32.2. The van der Waals surface area contributed by atoms with Gasteiger partial charge in [0, 0.05) is 16.9 Å². The minimum Gasteiger partial charge on any atom is -0.457 e. The van der Waals surface area contributed by atoms with Gasteiger partial charge in [0.15, 0.2) is 12.4 Å². The number of thioether (sulfide) groups is 1. The highest BCUT2D eigenvalue weighted by Gasteiger charge is 2.11. The van der Waals surface area contributed by atoms with Gasteiger partial charge in [0.2, 0.25) is 0 Å². The summed E-state index contributed by atoms with van der Waals surface area (Å²) < 4.78 is 4.97. The van der Waals surface area contributed by atoms with Crippen LogP contribution in [0.3, 0.4) is 0 Å². The monoisotopic (exact) mass is 328 g/mol. The van der Waals surface area contributed by atoms with E-state index >= 15 is 0 Å². The summed E-state index contributed by atoms with van der Waals surface area (Å²) >= 11 is 1.69. The maximum Gasteiger partial charge on any atom is 0.306 e. The van der Waals surface area contributed by atoms with E-state index in [1.54, 1.807) is 23.9 Å². The number of hydrogen-bond acceptors (Lipinski definition) is 4. The van der Waals surface area contributed by atoms with Gasteiger partial charge in [-0.1, -0.05) is 61.2 Å². The van der Waals surface area contributed by atoms with Crippen LogP contribution in [-0.2, 0) is 14.3 Å². The van der Waals surface area contributed by atoms with Crippen molar-refractivity contribution in [2.45, 2.75) is 31.1 Å². The zero-order chi connectivity index (χ0) is 16.5. The normalized spacial score (nSPS) is 13.8. The minimum atomic E-state index is -0.324. The van der Waals surface area contributed by atoms with E-state index in [1.165, 1.54) is 9.80 Å². The third-order valence-electron chi connectivity index (χ3n) is 3.20. The van der Waals surface area contributed by atoms with Crippen LogP contribution in [0.5, 0.6) is 0 Å². The van der Waals surface area contributed by atoms with Crippen molar-refractivity contribution >= 4 is 23.5 Å². The molecule has 0 heterocycles. The van der Waals surface area contributed by atoms with E-state index in [0.717, 1.165) is 12.8 Å². The number of esters is 1. The first kappa shape index (κ1) is 17.3. The molecule has 0 unspecified atom stereocenters. The smallest absolute Gasteiger partial charge is 0.306 e. The van der Waals surface area contributed by atoms with Crippen molar-refractivity contribution in [1.29, 1.82) is 0 Å². The molecule has 0 saturated heterocycles. The summed E-state index contributed by atoms with van der Waals surface area (Å²) in [6.45, 7) is 1.71. The first-order chi connectivity index (χ1) is 11.2. The molecular formula is C19H20O3S. The Morgan fingerprint density at radius 2 is 1.96 bits per heavy atom. The first-order valence-electron chi connectivity index (χ1n) is 7.68. The molecule has 1 aromatic carbocycles. The first-order valence-corrected chi connectivity index (χ1v) is 8.50. The lowest BCUT2D eigenvalue weighted by atomic mass is 10.1. The second-order valence-corrected chi connectivity index (χ2v) is 6.31. The van der Waals surface area contributed by atoms with Gasteiger partial charge in [0.1, 0.15) is 0 Å². The maximum absolute atomic E-state index is 12.1. The standard InChI is InChI=1S/C19H20O3S/c1-2-7-19(21)22-14-18(20)15-8-6-11-17(13-12-15)23-16-9-4-3-5-10-16/h3-6,8-10,12-13H,2,7,11,14H2,1H3. The number of rotatable bonds is 7. The fraction of sp³-hybridized carbons (Fsp3) is 0.263. The number of ketones is 1. The van der Waals surface area contributed by atoms with Crippen LogP contribution in [0.2, 0.25) is 0 Å². The molecule has 0 fully saturated rings. The van der Waals surface area contributed by atoms with Crippen molar-refractivity contribution in [2.24, 2.45) is 0 Å². The molecule has 0 spiro atoms. The van der Waals surface area contributed by atoms with Crippen LogP contribution in [-0.4, -0.2) is 18.4 Å². The summed E-state index contributed by atoms with van der Waals surface area (Å²) in [5.74, 6) is -0.497. The Bertz CT molecular complexity index is 642. The van der Waals surface area contributed by atoms with Crippen molar-refractivity contribution in [3.63, 3.8) is 0 Å². The molecular weight excluding hydrogens is 308 g/mol. The minimum absolute atomic E-state index is 0.173. The molecule has 1 aliphatic rings. The van der Waals surface area contributed by atoms with Gasteiger partial charge in [-0.3, -0.25) is 9.59 Å². The molecule has 0 saturated carbocycles. The quantitative estimate of drug-likeness (QED) is 0.693. The van der Waals surface area contributed by atoms with Crippen molar-refractivity contribution < 1.29 is 14.3 Å². The topological polar surface area (TPSA) is 43.4 Å². The van der Waals surface area contributed by atoms with E-state index in [2.05, 4.69) is 12.1 Å². The third-order valence-corrected chi connectivity index (χ3v) is 4.27. The van der Waals surface area contributed by atoms with Crippen LogP contribution < -0.4 is 0 Å². The molecule has 0 radical (unpaired) electrons. The fourth-order valence-electron chi connectivity index (χ4n) is 2.02. The second-order valence-electron chi connectivity index (χ2n) is 5.11. The van der Waals surface area contributed by atoms with Crippen LogP contribution in [0, 0.1) is 0 Å². The Balaban J connectivity index is 1.95. The van der Waals surface area contributed by atoms with Gasteiger partial charge in [-0.25, -0.2) is 0 Å². The Kier molecular flexibility index (Phi) is 6.88. The largest absolute Gasteiger partial charge is 0.457 e.